The third kappa shape index (κ3) is 3.49. The van der Waals surface area contributed by atoms with Gasteiger partial charge in [-0.05, 0) is 57.4 Å². The van der Waals surface area contributed by atoms with E-state index in [9.17, 15) is 4.79 Å². The minimum Gasteiger partial charge on any atom is -0.321 e. The highest BCUT2D eigenvalue weighted by Gasteiger charge is 2.12. The topological polar surface area (TPSA) is 29.1 Å². The first-order valence-corrected chi connectivity index (χ1v) is 10.6. The Morgan fingerprint density at radius 3 is 2.27 bits per heavy atom. The van der Waals surface area contributed by atoms with Crippen molar-refractivity contribution in [3.05, 3.63) is 113 Å². The third-order valence-electron chi connectivity index (χ3n) is 5.32. The molecule has 1 amide bonds. The molecule has 3 heteroatoms. The Labute approximate surface area is 183 Å². The number of amides is 1. The quantitative estimate of drug-likeness (QED) is 0.299. The second kappa shape index (κ2) is 7.77. The van der Waals surface area contributed by atoms with E-state index < -0.39 is 0 Å². The van der Waals surface area contributed by atoms with Gasteiger partial charge in [-0.3, -0.25) is 4.79 Å². The van der Waals surface area contributed by atoms with Gasteiger partial charge in [-0.2, -0.15) is 0 Å². The van der Waals surface area contributed by atoms with Gasteiger partial charge < -0.3 is 5.32 Å². The van der Waals surface area contributed by atoms with Crippen molar-refractivity contribution in [2.24, 2.45) is 0 Å². The molecule has 0 spiro atoms. The van der Waals surface area contributed by atoms with E-state index in [1.54, 1.807) is 0 Å². The SMILES string of the molecule is O=C(Nc1ccccc1-c1cccc2ccccc12)c1ccc2cc(Br)ccc2c1. The Morgan fingerprint density at radius 2 is 1.33 bits per heavy atom. The van der Waals surface area contributed by atoms with Crippen molar-refractivity contribution < 1.29 is 4.79 Å². The van der Waals surface area contributed by atoms with Crippen molar-refractivity contribution in [2.45, 2.75) is 0 Å². The van der Waals surface area contributed by atoms with Crippen LogP contribution in [0.3, 0.4) is 0 Å². The number of halogens is 1. The van der Waals surface area contributed by atoms with Crippen molar-refractivity contribution in [2.75, 3.05) is 5.32 Å². The Hall–Kier alpha value is -3.43. The maximum Gasteiger partial charge on any atom is 0.255 e. The Bertz CT molecular complexity index is 1400. The number of benzene rings is 5. The number of carbonyl (C=O) groups excluding carboxylic acids is 1. The first-order valence-electron chi connectivity index (χ1n) is 9.77. The van der Waals surface area contributed by atoms with E-state index in [1.165, 1.54) is 5.39 Å². The van der Waals surface area contributed by atoms with Crippen molar-refractivity contribution in [1.82, 2.24) is 0 Å². The molecule has 0 unspecified atom stereocenters. The average molecular weight is 452 g/mol. The summed E-state index contributed by atoms with van der Waals surface area (Å²) in [7, 11) is 0. The lowest BCUT2D eigenvalue weighted by Gasteiger charge is -2.14. The lowest BCUT2D eigenvalue weighted by molar-refractivity contribution is 0.102. The molecule has 0 fully saturated rings. The lowest BCUT2D eigenvalue weighted by Crippen LogP contribution is -2.12. The second-order valence-electron chi connectivity index (χ2n) is 7.23. The molecule has 0 aromatic heterocycles. The number of hydrogen-bond donors (Lipinski definition) is 1. The fourth-order valence-corrected chi connectivity index (χ4v) is 4.22. The molecule has 5 aromatic carbocycles. The highest BCUT2D eigenvalue weighted by Crippen LogP contribution is 2.34. The van der Waals surface area contributed by atoms with Gasteiger partial charge in [-0.15, -0.1) is 0 Å². The molecule has 5 rings (SSSR count). The summed E-state index contributed by atoms with van der Waals surface area (Å²) in [6.45, 7) is 0. The van der Waals surface area contributed by atoms with Crippen LogP contribution in [0.5, 0.6) is 0 Å². The van der Waals surface area contributed by atoms with Crippen LogP contribution >= 0.6 is 15.9 Å². The molecule has 30 heavy (non-hydrogen) atoms. The van der Waals surface area contributed by atoms with Gasteiger partial charge >= 0.3 is 0 Å². The highest BCUT2D eigenvalue weighted by atomic mass is 79.9. The average Bonchev–Trinajstić information content (AvgIpc) is 2.78. The fraction of sp³-hybridized carbons (Fsp3) is 0. The molecule has 0 aliphatic carbocycles. The molecule has 0 bridgehead atoms. The van der Waals surface area contributed by atoms with E-state index in [0.717, 1.165) is 37.4 Å². The van der Waals surface area contributed by atoms with Crippen LogP contribution < -0.4 is 5.32 Å². The Kier molecular flexibility index (Phi) is 4.82. The van der Waals surface area contributed by atoms with Crippen LogP contribution in [0.1, 0.15) is 10.4 Å². The number of para-hydroxylation sites is 1. The summed E-state index contributed by atoms with van der Waals surface area (Å²) in [5, 5.41) is 7.59. The zero-order valence-electron chi connectivity index (χ0n) is 16.1. The molecule has 0 heterocycles. The summed E-state index contributed by atoms with van der Waals surface area (Å²) in [6.07, 6.45) is 0. The lowest BCUT2D eigenvalue weighted by atomic mass is 9.97. The second-order valence-corrected chi connectivity index (χ2v) is 8.15. The summed E-state index contributed by atoms with van der Waals surface area (Å²) < 4.78 is 1.02. The molecule has 0 saturated heterocycles. The predicted octanol–water partition coefficient (Wildman–Crippen LogP) is 7.67. The Balaban J connectivity index is 1.53. The van der Waals surface area contributed by atoms with Gasteiger partial charge in [-0.25, -0.2) is 0 Å². The fourth-order valence-electron chi connectivity index (χ4n) is 3.84. The van der Waals surface area contributed by atoms with Crippen molar-refractivity contribution in [3.63, 3.8) is 0 Å². The normalized spacial score (nSPS) is 11.0. The van der Waals surface area contributed by atoms with Crippen LogP contribution in [0.15, 0.2) is 108 Å². The number of fused-ring (bicyclic) bond motifs is 2. The molecule has 0 atom stereocenters. The van der Waals surface area contributed by atoms with Crippen LogP contribution in [0, 0.1) is 0 Å². The van der Waals surface area contributed by atoms with E-state index in [2.05, 4.69) is 57.6 Å². The van der Waals surface area contributed by atoms with E-state index in [4.69, 9.17) is 0 Å². The molecule has 0 radical (unpaired) electrons. The number of rotatable bonds is 3. The van der Waals surface area contributed by atoms with Crippen LogP contribution in [0.2, 0.25) is 0 Å². The molecular formula is C27H18BrNO. The number of hydrogen-bond acceptors (Lipinski definition) is 1. The van der Waals surface area contributed by atoms with Crippen molar-refractivity contribution in [1.29, 1.82) is 0 Å². The standard InChI is InChI=1S/C27H18BrNO/c28-22-15-14-19-16-21(13-12-20(19)17-22)27(30)29-26-11-4-3-9-25(26)24-10-5-7-18-6-1-2-8-23(18)24/h1-17H,(H,29,30). The molecular weight excluding hydrogens is 434 g/mol. The van der Waals surface area contributed by atoms with Crippen LogP contribution in [0.25, 0.3) is 32.7 Å². The van der Waals surface area contributed by atoms with E-state index in [-0.39, 0.29) is 5.91 Å². The van der Waals surface area contributed by atoms with Gasteiger partial charge in [0.25, 0.3) is 5.91 Å². The maximum atomic E-state index is 13.1. The first-order chi connectivity index (χ1) is 14.7. The minimum absolute atomic E-state index is 0.118. The summed E-state index contributed by atoms with van der Waals surface area (Å²) in [5.41, 5.74) is 3.55. The molecule has 2 nitrogen and oxygen atoms in total. The smallest absolute Gasteiger partial charge is 0.255 e. The molecule has 0 aliphatic rings. The molecule has 5 aromatic rings. The van der Waals surface area contributed by atoms with Crippen LogP contribution in [-0.4, -0.2) is 5.91 Å². The largest absolute Gasteiger partial charge is 0.321 e. The van der Waals surface area contributed by atoms with E-state index in [1.807, 2.05) is 66.7 Å². The Morgan fingerprint density at radius 1 is 0.633 bits per heavy atom. The summed E-state index contributed by atoms with van der Waals surface area (Å²) in [6, 6.07) is 34.3. The van der Waals surface area contributed by atoms with E-state index in [0.29, 0.717) is 5.56 Å². The zero-order valence-corrected chi connectivity index (χ0v) is 17.7. The third-order valence-corrected chi connectivity index (χ3v) is 5.81. The number of anilines is 1. The molecule has 1 N–H and O–H groups in total. The monoisotopic (exact) mass is 451 g/mol. The van der Waals surface area contributed by atoms with Crippen LogP contribution in [0.4, 0.5) is 5.69 Å². The zero-order chi connectivity index (χ0) is 20.5. The number of nitrogens with one attached hydrogen (secondary N) is 1. The summed E-state index contributed by atoms with van der Waals surface area (Å²) in [5.74, 6) is -0.118. The van der Waals surface area contributed by atoms with Gasteiger partial charge in [0.15, 0.2) is 0 Å². The summed E-state index contributed by atoms with van der Waals surface area (Å²) in [4.78, 5) is 13.1. The molecule has 144 valence electrons. The number of carbonyl (C=O) groups is 1. The van der Waals surface area contributed by atoms with Gasteiger partial charge in [-0.1, -0.05) is 88.7 Å². The van der Waals surface area contributed by atoms with Gasteiger partial charge in [0, 0.05) is 21.3 Å². The van der Waals surface area contributed by atoms with Crippen LogP contribution in [-0.2, 0) is 0 Å². The highest BCUT2D eigenvalue weighted by molar-refractivity contribution is 9.10. The maximum absolute atomic E-state index is 13.1. The molecule has 0 saturated carbocycles. The van der Waals surface area contributed by atoms with Gasteiger partial charge in [0.1, 0.15) is 0 Å². The predicted molar refractivity (Wildman–Crippen MR) is 129 cm³/mol. The summed E-state index contributed by atoms with van der Waals surface area (Å²) >= 11 is 3.49. The van der Waals surface area contributed by atoms with Gasteiger partial charge in [0.05, 0.1) is 0 Å². The van der Waals surface area contributed by atoms with Crippen molar-refractivity contribution >= 4 is 49.1 Å². The minimum atomic E-state index is -0.118. The first kappa shape index (κ1) is 18.6. The van der Waals surface area contributed by atoms with E-state index >= 15 is 0 Å². The molecule has 0 aliphatic heterocycles. The van der Waals surface area contributed by atoms with Gasteiger partial charge in [0.2, 0.25) is 0 Å². The van der Waals surface area contributed by atoms with Crippen molar-refractivity contribution in [3.8, 4) is 11.1 Å².